The molecule has 0 aliphatic carbocycles. The van der Waals surface area contributed by atoms with Crippen LogP contribution in [0.4, 0.5) is 24.0 Å². The SMILES string of the molecule is CCN(CC)C(=O)CNC(=O)[C@@H]1CC[C@@H]2CN1C(=O)N2OC.CCOC(=O)CNC(=O)[C@@H]1CC[C@@H]2CN1C(=O)N2OC.COC(=O)CNC(=O)[C@@H]1CC[C@@H]2CN1C(=O)N2OC.CON1C(=O)N2C[C@H]1CC[C@H]2C(=O)NCC(=O)Cc1ccccc1.CON1C(=O)N2C[C@H]1CC[C@H]2C(=O)NCC(=O)N1CCOCC1. The minimum atomic E-state index is -0.548. The number of hydrogen-bond acceptors (Lipinski definition) is 23. The fraction of sp³-hybridized carbons (Fsp3) is 0.691. The number of Topliss-reactive ketones (excluding diaryl/α,β-unsaturated/α-hetero) is 1. The number of morpholine rings is 1. The van der Waals surface area contributed by atoms with E-state index in [0.717, 1.165) is 12.0 Å². The largest absolute Gasteiger partial charge is 0.468 e. The van der Waals surface area contributed by atoms with Crippen molar-refractivity contribution in [1.82, 2.24) is 86.2 Å². The number of hydroxylamine groups is 10. The Morgan fingerprint density at radius 1 is 0.417 bits per heavy atom. The van der Waals surface area contributed by atoms with Gasteiger partial charge in [-0.2, -0.15) is 25.3 Å². The highest BCUT2D eigenvalue weighted by Crippen LogP contribution is 2.34. The molecule has 0 unspecified atom stereocenters. The molecule has 10 atom stereocenters. The maximum Gasteiger partial charge on any atom is 0.345 e. The maximum absolute atomic E-state index is 12.4. The van der Waals surface area contributed by atoms with Crippen LogP contribution in [0.3, 0.4) is 0 Å². The highest BCUT2D eigenvalue weighted by molar-refractivity contribution is 5.95. The van der Waals surface area contributed by atoms with Crippen LogP contribution < -0.4 is 26.6 Å². The number of ketones is 1. The van der Waals surface area contributed by atoms with Gasteiger partial charge in [-0.3, -0.25) is 72.1 Å². The minimum Gasteiger partial charge on any atom is -0.468 e. The summed E-state index contributed by atoms with van der Waals surface area (Å²) in [6.45, 7) is 11.1. The normalized spacial score (nSPS) is 24.8. The summed E-state index contributed by atoms with van der Waals surface area (Å²) in [7, 11) is 8.49. The number of carbonyl (C=O) groups is 15. The van der Waals surface area contributed by atoms with E-state index in [9.17, 15) is 71.9 Å². The Morgan fingerprint density at radius 3 is 1.05 bits per heavy atom. The van der Waals surface area contributed by atoms with Crippen molar-refractivity contribution in [1.29, 1.82) is 0 Å². The molecule has 11 aliphatic heterocycles. The first-order chi connectivity index (χ1) is 51.9. The molecule has 0 radical (unpaired) electrons. The number of fused-ring (bicyclic) bond motifs is 10. The summed E-state index contributed by atoms with van der Waals surface area (Å²) >= 11 is 0. The Hall–Kier alpha value is -9.77. The number of hydrogen-bond donors (Lipinski definition) is 5. The number of ether oxygens (including phenoxy) is 3. The first-order valence-electron chi connectivity index (χ1n) is 36.4. The Morgan fingerprint density at radius 2 is 0.731 bits per heavy atom. The van der Waals surface area contributed by atoms with Gasteiger partial charge >= 0.3 is 42.1 Å². The average Bonchev–Trinajstić information content (AvgIpc) is 1.67. The van der Waals surface area contributed by atoms with Gasteiger partial charge in [0.15, 0.2) is 5.78 Å². The summed E-state index contributed by atoms with van der Waals surface area (Å²) in [6, 6.07) is 5.31. The number of rotatable bonds is 25. The number of urea groups is 5. The van der Waals surface area contributed by atoms with E-state index < -0.39 is 42.1 Å². The highest BCUT2D eigenvalue weighted by atomic mass is 16.7. The van der Waals surface area contributed by atoms with E-state index in [4.69, 9.17) is 33.7 Å². The molecule has 40 heteroatoms. The summed E-state index contributed by atoms with van der Waals surface area (Å²) in [5.74, 6) is -2.80. The van der Waals surface area contributed by atoms with Gasteiger partial charge in [-0.05, 0) is 90.5 Å². The molecule has 0 aromatic heterocycles. The lowest BCUT2D eigenvalue weighted by molar-refractivity contribution is -0.144. The van der Waals surface area contributed by atoms with Gasteiger partial charge in [0.05, 0.1) is 112 Å². The molecule has 5 N–H and O–H groups in total. The number of nitrogens with zero attached hydrogens (tertiary/aromatic N) is 12. The molecule has 108 heavy (non-hydrogen) atoms. The average molecular weight is 1530 g/mol. The van der Waals surface area contributed by atoms with Crippen LogP contribution in [-0.4, -0.2) is 363 Å². The Balaban J connectivity index is 0.000000171. The van der Waals surface area contributed by atoms with Crippen molar-refractivity contribution in [2.75, 3.05) is 154 Å². The van der Waals surface area contributed by atoms with Gasteiger partial charge < -0.3 is 75.1 Å². The van der Waals surface area contributed by atoms with Gasteiger partial charge in [-0.25, -0.2) is 24.0 Å². The third-order valence-corrected chi connectivity index (χ3v) is 20.5. The smallest absolute Gasteiger partial charge is 0.345 e. The molecule has 0 spiro atoms. The van der Waals surface area contributed by atoms with Crippen molar-refractivity contribution in [3.05, 3.63) is 35.9 Å². The number of benzene rings is 1. The second-order valence-corrected chi connectivity index (χ2v) is 26.7. The highest BCUT2D eigenvalue weighted by Gasteiger charge is 2.52. The third-order valence-electron chi connectivity index (χ3n) is 20.5. The van der Waals surface area contributed by atoms with Crippen LogP contribution >= 0.6 is 0 Å². The van der Waals surface area contributed by atoms with E-state index in [1.807, 2.05) is 44.2 Å². The van der Waals surface area contributed by atoms with Crippen LogP contribution in [0, 0.1) is 0 Å². The van der Waals surface area contributed by atoms with Crippen molar-refractivity contribution in [2.24, 2.45) is 0 Å². The quantitative estimate of drug-likeness (QED) is 0.0657. The van der Waals surface area contributed by atoms with Crippen LogP contribution in [0.15, 0.2) is 30.3 Å². The molecule has 17 amide bonds. The molecule has 11 aliphatic rings. The Kier molecular flexibility index (Phi) is 31.0. The van der Waals surface area contributed by atoms with Gasteiger partial charge in [0.2, 0.25) is 41.4 Å². The summed E-state index contributed by atoms with van der Waals surface area (Å²) in [5, 5.41) is 19.5. The predicted molar refractivity (Wildman–Crippen MR) is 373 cm³/mol. The lowest BCUT2D eigenvalue weighted by Gasteiger charge is -2.30. The fourth-order valence-electron chi connectivity index (χ4n) is 14.9. The molecule has 1 aromatic rings. The lowest BCUT2D eigenvalue weighted by Crippen LogP contribution is -2.52. The zero-order valence-electron chi connectivity index (χ0n) is 62.7. The number of esters is 2. The van der Waals surface area contributed by atoms with Crippen LogP contribution in [0.5, 0.6) is 0 Å². The topological polar surface area (TPSA) is 429 Å². The fourth-order valence-corrected chi connectivity index (χ4v) is 14.9. The molecule has 40 nitrogen and oxygen atoms in total. The zero-order chi connectivity index (χ0) is 78.5. The molecule has 12 rings (SSSR count). The van der Waals surface area contributed by atoms with E-state index in [1.54, 1.807) is 16.7 Å². The van der Waals surface area contributed by atoms with E-state index in [1.165, 1.54) is 92.5 Å². The first-order valence-corrected chi connectivity index (χ1v) is 36.4. The van der Waals surface area contributed by atoms with E-state index >= 15 is 0 Å². The maximum atomic E-state index is 12.4. The van der Waals surface area contributed by atoms with Gasteiger partial charge in [0.25, 0.3) is 0 Å². The zero-order valence-corrected chi connectivity index (χ0v) is 62.7. The first kappa shape index (κ1) is 83.9. The lowest BCUT2D eigenvalue weighted by atomic mass is 10.00. The second kappa shape index (κ2) is 39.9. The van der Waals surface area contributed by atoms with Crippen LogP contribution in [0.2, 0.25) is 0 Å². The molecule has 11 saturated heterocycles. The molecule has 0 saturated carbocycles. The van der Waals surface area contributed by atoms with Crippen molar-refractivity contribution in [3.63, 3.8) is 0 Å². The van der Waals surface area contributed by atoms with Gasteiger partial charge in [0.1, 0.15) is 43.3 Å². The second-order valence-electron chi connectivity index (χ2n) is 26.7. The molecule has 11 heterocycles. The third kappa shape index (κ3) is 20.3. The van der Waals surface area contributed by atoms with Crippen molar-refractivity contribution < 1.29 is 110 Å². The van der Waals surface area contributed by atoms with Crippen molar-refractivity contribution in [3.8, 4) is 0 Å². The monoisotopic (exact) mass is 1530 g/mol. The van der Waals surface area contributed by atoms with E-state index in [0.29, 0.717) is 130 Å². The number of carbonyl (C=O) groups excluding carboxylic acids is 15. The molecular weight excluding hydrogens is 1420 g/mol. The molecular formula is C68H103N17O23. The van der Waals surface area contributed by atoms with Crippen LogP contribution in [-0.2, 0) is 92.8 Å². The Bertz CT molecular complexity index is 3390. The molecule has 1 aromatic carbocycles. The Labute approximate surface area is 625 Å². The summed E-state index contributed by atoms with van der Waals surface area (Å²) < 4.78 is 14.4. The van der Waals surface area contributed by atoms with Gasteiger partial charge in [-0.15, -0.1) is 0 Å². The van der Waals surface area contributed by atoms with Crippen LogP contribution in [0.25, 0.3) is 0 Å². The van der Waals surface area contributed by atoms with Gasteiger partial charge in [-0.1, -0.05) is 30.3 Å². The standard InChI is InChI=1S/C17H21N3O4.C14H22N4O5.C14H24N4O4.C12H19N3O5.C11H17N3O5/c1-24-20-13-7-8-15(19(11-13)17(20)23)16(22)18-10-14(21)9-12-5-3-2-4-6-12;1-22-18-10-2-3-11(17(9-10)14(18)21)13(20)15-8-12(19)16-4-6-23-7-5-16;1-4-16(5-2)12(19)8-15-13(20)11-7-6-10-9-17(11)14(21)18(10)22-3;1-3-20-10(16)6-13-11(17)9-5-4-8-7-14(9)12(18)15(8)19-2;1-18-9(15)5-12-10(16)8-4-3-7-6-13(8)11(17)14(7)19-2/h2-6,13,15H,7-11H2,1H3,(H,18,22);10-11H,2-9H2,1H3,(H,15,20);10-11H,4-9H2,1-3H3,(H,15,20);8-9H,3-7H2,1-2H3,(H,13,17);7-8H,3-6H2,1-2H3,(H,12,16)/t13-,15+;2*10-,11+;8-,9+;7-,8+/m11111/s1. The molecule has 11 fully saturated rings. The molecule has 10 bridgehead atoms. The summed E-state index contributed by atoms with van der Waals surface area (Å²) in [5.41, 5.74) is 0.919. The van der Waals surface area contributed by atoms with Gasteiger partial charge in [0, 0.05) is 65.3 Å². The number of likely N-dealkylation sites (N-methyl/N-ethyl adjacent to an activating group) is 1. The molecule has 598 valence electrons. The summed E-state index contributed by atoms with van der Waals surface area (Å²) in [4.78, 5) is 216. The van der Waals surface area contributed by atoms with E-state index in [2.05, 4.69) is 31.3 Å². The van der Waals surface area contributed by atoms with Crippen molar-refractivity contribution in [2.45, 2.75) is 152 Å². The van der Waals surface area contributed by atoms with Crippen molar-refractivity contribution >= 4 is 89.2 Å². The van der Waals surface area contributed by atoms with Crippen LogP contribution in [0.1, 0.15) is 90.5 Å². The number of amides is 17. The number of piperidine rings is 5. The minimum absolute atomic E-state index is 0.00149. The summed E-state index contributed by atoms with van der Waals surface area (Å²) in [6.07, 6.45) is 6.70. The number of nitrogens with one attached hydrogen (secondary N) is 5. The predicted octanol–water partition coefficient (Wildman–Crippen LogP) is -2.06. The number of methoxy groups -OCH3 is 1. The van der Waals surface area contributed by atoms with E-state index in [-0.39, 0.29) is 153 Å².